The van der Waals surface area contributed by atoms with E-state index in [0.717, 1.165) is 0 Å². The highest BCUT2D eigenvalue weighted by Crippen LogP contribution is 2.41. The Bertz CT molecular complexity index is 2650. The molecule has 1 aliphatic heterocycles. The van der Waals surface area contributed by atoms with Gasteiger partial charge < -0.3 is 90.8 Å². The lowest BCUT2D eigenvalue weighted by Crippen LogP contribution is -2.43. The van der Waals surface area contributed by atoms with Gasteiger partial charge in [0.15, 0.2) is 19.8 Å². The molecule has 0 atom stereocenters. The molecule has 1 fully saturated rings. The standard InChI is InChI=1S/C45H45I9N6O21/c46-28-22(40(73)55-16(7-61)8-62)31(49)37(79-13-19(67)68)34(52)25(28)43(76)58-1-2-59(44(77)26-29(47)23(41(74)56-17(9-63)10-64)32(50)38(35(26)53)80-14-20(69)70)5-6-60(4-3-58)45(78)27-30(48)24(42(75)57-18(11-65)12-66)33(51)39(36(27)54)81-15-21(71)72/h16-18,61-66H,1-15H2,(H,55,73)(H,56,74)(H,57,75)(H,67,68)(H,69,70)(H,71,72). The van der Waals surface area contributed by atoms with E-state index in [1.807, 2.05) is 0 Å². The average Bonchev–Trinajstić information content (AvgIpc) is 3.64. The molecule has 4 rings (SSSR count). The van der Waals surface area contributed by atoms with Crippen molar-refractivity contribution in [1.82, 2.24) is 30.7 Å². The fraction of sp³-hybridized carbons (Fsp3) is 0.400. The van der Waals surface area contributed by atoms with Crippen LogP contribution in [-0.2, 0) is 14.4 Å². The Labute approximate surface area is 582 Å². The molecule has 27 nitrogen and oxygen atoms in total. The minimum absolute atomic E-state index is 0.00148. The van der Waals surface area contributed by atoms with E-state index < -0.39 is 131 Å². The second-order valence-corrected chi connectivity index (χ2v) is 26.3. The van der Waals surface area contributed by atoms with E-state index in [2.05, 4.69) is 16.0 Å². The third-order valence-corrected chi connectivity index (χ3v) is 20.7. The molecule has 36 heteroatoms. The van der Waals surface area contributed by atoms with E-state index >= 15 is 14.4 Å². The van der Waals surface area contributed by atoms with Crippen molar-refractivity contribution >= 4 is 257 Å². The van der Waals surface area contributed by atoms with Crippen LogP contribution in [0.4, 0.5) is 0 Å². The highest BCUT2D eigenvalue weighted by Gasteiger charge is 2.38. The summed E-state index contributed by atoms with van der Waals surface area (Å²) in [4.78, 5) is 127. The molecule has 1 saturated heterocycles. The van der Waals surface area contributed by atoms with Crippen LogP contribution in [0.2, 0.25) is 0 Å². The number of carboxylic acids is 3. The Kier molecular flexibility index (Phi) is 30.0. The molecule has 3 aromatic carbocycles. The summed E-state index contributed by atoms with van der Waals surface area (Å²) >= 11 is 15.7. The molecule has 0 spiro atoms. The number of nitrogens with one attached hydrogen (secondary N) is 3. The number of carboxylic acid groups (broad SMARTS) is 3. The molecule has 0 radical (unpaired) electrons. The van der Waals surface area contributed by atoms with Gasteiger partial charge in [-0.1, -0.05) is 0 Å². The number of carbonyl (C=O) groups excluding carboxylic acids is 6. The highest BCUT2D eigenvalue weighted by atomic mass is 127. The largest absolute Gasteiger partial charge is 0.480 e. The fourth-order valence-corrected chi connectivity index (χ4v) is 20.5. The summed E-state index contributed by atoms with van der Waals surface area (Å²) in [5, 5.41) is 95.2. The van der Waals surface area contributed by atoms with Crippen LogP contribution >= 0.6 is 203 Å². The maximum atomic E-state index is 15.4. The van der Waals surface area contributed by atoms with Gasteiger partial charge in [0, 0.05) is 50.0 Å². The smallest absolute Gasteiger partial charge is 0.341 e. The van der Waals surface area contributed by atoms with Crippen LogP contribution in [0.15, 0.2) is 0 Å². The van der Waals surface area contributed by atoms with Crippen molar-refractivity contribution in [3.8, 4) is 17.2 Å². The topological polar surface area (TPSA) is 409 Å². The summed E-state index contributed by atoms with van der Waals surface area (Å²) in [6.45, 7) is -8.97. The zero-order valence-electron chi connectivity index (χ0n) is 41.0. The molecule has 0 aliphatic carbocycles. The summed E-state index contributed by atoms with van der Waals surface area (Å²) in [6.07, 6.45) is 0. The van der Waals surface area contributed by atoms with E-state index in [0.29, 0.717) is 0 Å². The van der Waals surface area contributed by atoms with Crippen LogP contribution in [0.3, 0.4) is 0 Å². The van der Waals surface area contributed by atoms with Gasteiger partial charge in [-0.25, -0.2) is 14.4 Å². The van der Waals surface area contributed by atoms with Crippen LogP contribution in [0.1, 0.15) is 62.1 Å². The zero-order valence-corrected chi connectivity index (χ0v) is 60.4. The SMILES string of the molecule is O=C(O)COc1c(I)c(C(=O)NC(CO)CO)c(I)c(C(=O)N2CCN(C(=O)c3c(I)c(OCC(=O)O)c(I)c(C(=O)NC(CO)CO)c3I)CCN(C(=O)c3c(I)c(OCC(=O)O)c(I)c(C(=O)NC(CO)CO)c3I)CC2)c1I. The predicted octanol–water partition coefficient (Wildman–Crippen LogP) is 1.51. The number of carbonyl (C=O) groups is 9. The van der Waals surface area contributed by atoms with Gasteiger partial charge in [-0.3, -0.25) is 28.8 Å². The van der Waals surface area contributed by atoms with E-state index in [4.69, 9.17) is 14.2 Å². The Balaban J connectivity index is 2.07. The first-order valence-electron chi connectivity index (χ1n) is 22.8. The average molecular weight is 2150 g/mol. The Morgan fingerprint density at radius 3 is 0.704 bits per heavy atom. The molecule has 0 unspecified atom stereocenters. The Morgan fingerprint density at radius 2 is 0.531 bits per heavy atom. The number of aliphatic carboxylic acids is 3. The van der Waals surface area contributed by atoms with Gasteiger partial charge in [-0.15, -0.1) is 0 Å². The minimum Gasteiger partial charge on any atom is -0.480 e. The quantitative estimate of drug-likeness (QED) is 0.0566. The maximum Gasteiger partial charge on any atom is 0.341 e. The molecule has 81 heavy (non-hydrogen) atoms. The number of aliphatic hydroxyl groups excluding tert-OH is 6. The normalized spacial score (nSPS) is 12.9. The van der Waals surface area contributed by atoms with Crippen LogP contribution < -0.4 is 30.2 Å². The van der Waals surface area contributed by atoms with Crippen LogP contribution in [0.5, 0.6) is 17.2 Å². The van der Waals surface area contributed by atoms with Crippen LogP contribution in [0.25, 0.3) is 0 Å². The van der Waals surface area contributed by atoms with Gasteiger partial charge in [0.1, 0.15) is 17.2 Å². The molecule has 0 saturated carbocycles. The van der Waals surface area contributed by atoms with Crippen LogP contribution in [-0.4, -0.2) is 231 Å². The first kappa shape index (κ1) is 72.1. The van der Waals surface area contributed by atoms with Crippen LogP contribution in [0, 0.1) is 32.1 Å². The Morgan fingerprint density at radius 1 is 0.346 bits per heavy atom. The molecule has 0 aromatic heterocycles. The number of rotatable bonds is 24. The molecular formula is C45H45I9N6O21. The van der Waals surface area contributed by atoms with E-state index in [9.17, 15) is 74.7 Å². The van der Waals surface area contributed by atoms with Crippen molar-refractivity contribution in [1.29, 1.82) is 0 Å². The lowest BCUT2D eigenvalue weighted by Gasteiger charge is -2.29. The molecule has 12 N–H and O–H groups in total. The summed E-state index contributed by atoms with van der Waals surface area (Å²) in [5.74, 6) is -10.0. The third-order valence-electron chi connectivity index (χ3n) is 11.3. The van der Waals surface area contributed by atoms with Crippen molar-refractivity contribution in [3.05, 3.63) is 65.5 Å². The van der Waals surface area contributed by atoms with Gasteiger partial charge in [0.25, 0.3) is 35.4 Å². The van der Waals surface area contributed by atoms with E-state index in [1.54, 1.807) is 203 Å². The summed E-state index contributed by atoms with van der Waals surface area (Å²) in [7, 11) is 0. The number of benzene rings is 3. The molecular weight excluding hydrogens is 2100 g/mol. The molecule has 3 aromatic rings. The minimum atomic E-state index is -1.41. The van der Waals surface area contributed by atoms with Crippen molar-refractivity contribution in [2.24, 2.45) is 0 Å². The first-order chi connectivity index (χ1) is 38.2. The van der Waals surface area contributed by atoms with E-state index in [1.165, 1.54) is 14.7 Å². The highest BCUT2D eigenvalue weighted by molar-refractivity contribution is 14.1. The molecule has 1 aliphatic rings. The molecule has 0 bridgehead atoms. The Hall–Kier alpha value is -1.38. The number of ether oxygens (including phenoxy) is 3. The molecule has 6 amide bonds. The lowest BCUT2D eigenvalue weighted by atomic mass is 10.1. The second kappa shape index (κ2) is 33.7. The zero-order chi connectivity index (χ0) is 60.9. The fourth-order valence-electron chi connectivity index (χ4n) is 7.23. The summed E-state index contributed by atoms with van der Waals surface area (Å²) in [6, 6.07) is -3.50. The molecule has 1 heterocycles. The number of hydrogen-bond donors (Lipinski definition) is 12. The monoisotopic (exact) mass is 2150 g/mol. The van der Waals surface area contributed by atoms with Gasteiger partial charge in [-0.2, -0.15) is 0 Å². The number of amides is 6. The van der Waals surface area contributed by atoms with Gasteiger partial charge >= 0.3 is 17.9 Å². The van der Waals surface area contributed by atoms with E-state index in [-0.39, 0.29) is 122 Å². The van der Waals surface area contributed by atoms with Gasteiger partial charge in [0.2, 0.25) is 0 Å². The van der Waals surface area contributed by atoms with Gasteiger partial charge in [0.05, 0.1) is 113 Å². The first-order valence-corrected chi connectivity index (χ1v) is 32.5. The lowest BCUT2D eigenvalue weighted by molar-refractivity contribution is -0.140. The maximum absolute atomic E-state index is 15.4. The van der Waals surface area contributed by atoms with Crippen molar-refractivity contribution < 1.29 is 103 Å². The third kappa shape index (κ3) is 17.9. The van der Waals surface area contributed by atoms with Gasteiger partial charge in [-0.05, 0) is 203 Å². The summed E-state index contributed by atoms with van der Waals surface area (Å²) < 4.78 is 17.3. The number of aliphatic hydroxyl groups is 6. The number of hydrogen-bond acceptors (Lipinski definition) is 18. The van der Waals surface area contributed by atoms with Crippen molar-refractivity contribution in [2.75, 3.05) is 98.7 Å². The van der Waals surface area contributed by atoms with Crippen molar-refractivity contribution in [2.45, 2.75) is 18.1 Å². The van der Waals surface area contributed by atoms with Crippen molar-refractivity contribution in [3.63, 3.8) is 0 Å². The number of halogens is 9. The predicted molar refractivity (Wildman–Crippen MR) is 357 cm³/mol. The molecule has 444 valence electrons. The number of nitrogens with zero attached hydrogens (tertiary/aromatic N) is 3. The summed E-state index contributed by atoms with van der Waals surface area (Å²) in [5.41, 5.74) is -1.22. The second-order valence-electron chi connectivity index (χ2n) is 16.6.